The summed E-state index contributed by atoms with van der Waals surface area (Å²) < 4.78 is 22.9. The Labute approximate surface area is 181 Å². The van der Waals surface area contributed by atoms with Gasteiger partial charge in [0.1, 0.15) is 19.3 Å². The van der Waals surface area contributed by atoms with E-state index in [1.807, 2.05) is 60.7 Å². The molecule has 1 aliphatic heterocycles. The zero-order chi connectivity index (χ0) is 21.5. The lowest BCUT2D eigenvalue weighted by atomic mass is 10.1. The van der Waals surface area contributed by atoms with E-state index in [2.05, 4.69) is 0 Å². The van der Waals surface area contributed by atoms with E-state index < -0.39 is 5.97 Å². The third-order valence-corrected chi connectivity index (χ3v) is 4.97. The van der Waals surface area contributed by atoms with Gasteiger partial charge in [0.25, 0.3) is 0 Å². The van der Waals surface area contributed by atoms with Gasteiger partial charge in [-0.15, -0.1) is 0 Å². The van der Waals surface area contributed by atoms with Crippen molar-refractivity contribution in [1.82, 2.24) is 0 Å². The Bertz CT molecular complexity index is 1000. The van der Waals surface area contributed by atoms with Crippen LogP contribution < -0.4 is 15.2 Å². The molecule has 1 unspecified atom stereocenters. The average Bonchev–Trinajstić information content (AvgIpc) is 3.32. The lowest BCUT2D eigenvalue weighted by Gasteiger charge is -2.18. The fourth-order valence-electron chi connectivity index (χ4n) is 3.28. The van der Waals surface area contributed by atoms with Crippen LogP contribution >= 0.6 is 0 Å². The summed E-state index contributed by atoms with van der Waals surface area (Å²) in [7, 11) is 0. The average molecular weight is 419 g/mol. The van der Waals surface area contributed by atoms with Crippen LogP contribution in [-0.2, 0) is 22.7 Å². The molecule has 4 rings (SSSR count). The van der Waals surface area contributed by atoms with Crippen molar-refractivity contribution < 1.29 is 23.7 Å². The molecule has 160 valence electrons. The second kappa shape index (κ2) is 10.00. The van der Waals surface area contributed by atoms with Gasteiger partial charge in [-0.25, -0.2) is 4.79 Å². The van der Waals surface area contributed by atoms with E-state index in [9.17, 15) is 4.79 Å². The molecule has 0 aromatic heterocycles. The number of anilines is 1. The predicted molar refractivity (Wildman–Crippen MR) is 117 cm³/mol. The van der Waals surface area contributed by atoms with Gasteiger partial charge >= 0.3 is 5.97 Å². The molecular formula is C25H25NO5. The first-order valence-corrected chi connectivity index (χ1v) is 10.2. The number of carbonyl (C=O) groups excluding carboxylic acids is 1. The van der Waals surface area contributed by atoms with Gasteiger partial charge in [0.05, 0.1) is 24.5 Å². The molecule has 0 aliphatic carbocycles. The highest BCUT2D eigenvalue weighted by Gasteiger charge is 2.22. The third kappa shape index (κ3) is 5.55. The van der Waals surface area contributed by atoms with E-state index in [1.54, 1.807) is 12.1 Å². The summed E-state index contributed by atoms with van der Waals surface area (Å²) >= 11 is 0. The van der Waals surface area contributed by atoms with Crippen LogP contribution in [0.25, 0.3) is 0 Å². The molecule has 3 aromatic rings. The summed E-state index contributed by atoms with van der Waals surface area (Å²) in [5, 5.41) is 0. The van der Waals surface area contributed by atoms with Crippen molar-refractivity contribution in [1.29, 1.82) is 0 Å². The van der Waals surface area contributed by atoms with Gasteiger partial charge in [0, 0.05) is 18.6 Å². The maximum atomic E-state index is 12.7. The normalized spacial score (nSPS) is 15.4. The summed E-state index contributed by atoms with van der Waals surface area (Å²) in [5.74, 6) is 0.420. The standard InChI is InChI=1S/C25H25NO5/c26-22-14-23(29-15-18-7-3-1-4-8-18)24(31-20-11-12-28-17-20)13-21(22)25(27)30-16-19-9-5-2-6-10-19/h1-10,13-14,20H,11-12,15-17,26H2. The summed E-state index contributed by atoms with van der Waals surface area (Å²) in [4.78, 5) is 12.7. The summed E-state index contributed by atoms with van der Waals surface area (Å²) in [6.07, 6.45) is 0.673. The monoisotopic (exact) mass is 419 g/mol. The predicted octanol–water partition coefficient (Wildman–Crippen LogP) is 4.37. The van der Waals surface area contributed by atoms with Crippen LogP contribution in [0.3, 0.4) is 0 Å². The van der Waals surface area contributed by atoms with Crippen LogP contribution in [0.2, 0.25) is 0 Å². The minimum atomic E-state index is -0.511. The molecule has 1 heterocycles. The molecule has 0 bridgehead atoms. The Morgan fingerprint density at radius 1 is 0.935 bits per heavy atom. The van der Waals surface area contributed by atoms with Gasteiger partial charge < -0.3 is 24.7 Å². The number of carbonyl (C=O) groups is 1. The van der Waals surface area contributed by atoms with Crippen molar-refractivity contribution in [2.45, 2.75) is 25.7 Å². The number of esters is 1. The van der Waals surface area contributed by atoms with Crippen LogP contribution in [0, 0.1) is 0 Å². The number of rotatable bonds is 8. The van der Waals surface area contributed by atoms with Gasteiger partial charge in [-0.3, -0.25) is 0 Å². The number of nitrogens with two attached hydrogens (primary N) is 1. The van der Waals surface area contributed by atoms with Gasteiger partial charge in [-0.1, -0.05) is 60.7 Å². The highest BCUT2D eigenvalue weighted by atomic mass is 16.6. The molecule has 0 spiro atoms. The van der Waals surface area contributed by atoms with E-state index >= 15 is 0 Å². The van der Waals surface area contributed by atoms with Crippen molar-refractivity contribution in [3.63, 3.8) is 0 Å². The van der Waals surface area contributed by atoms with Crippen LogP contribution in [0.4, 0.5) is 5.69 Å². The van der Waals surface area contributed by atoms with Crippen LogP contribution in [0.1, 0.15) is 27.9 Å². The van der Waals surface area contributed by atoms with Crippen LogP contribution in [0.5, 0.6) is 11.5 Å². The quantitative estimate of drug-likeness (QED) is 0.431. The van der Waals surface area contributed by atoms with E-state index in [0.717, 1.165) is 17.5 Å². The smallest absolute Gasteiger partial charge is 0.340 e. The Balaban J connectivity index is 1.53. The van der Waals surface area contributed by atoms with Crippen LogP contribution in [-0.4, -0.2) is 25.3 Å². The number of nitrogen functional groups attached to an aromatic ring is 1. The summed E-state index contributed by atoms with van der Waals surface area (Å²) in [6.45, 7) is 1.66. The first-order valence-electron chi connectivity index (χ1n) is 10.2. The van der Waals surface area contributed by atoms with Crippen molar-refractivity contribution in [3.8, 4) is 11.5 Å². The lowest BCUT2D eigenvalue weighted by Crippen LogP contribution is -2.17. The van der Waals surface area contributed by atoms with Gasteiger partial charge in [0.15, 0.2) is 11.5 Å². The molecule has 1 atom stereocenters. The molecule has 1 saturated heterocycles. The number of hydrogen-bond donors (Lipinski definition) is 1. The van der Waals surface area contributed by atoms with Gasteiger partial charge in [-0.2, -0.15) is 0 Å². The fourth-order valence-corrected chi connectivity index (χ4v) is 3.28. The molecule has 6 nitrogen and oxygen atoms in total. The van der Waals surface area contributed by atoms with Crippen molar-refractivity contribution >= 4 is 11.7 Å². The number of hydrogen-bond acceptors (Lipinski definition) is 6. The summed E-state index contributed by atoms with van der Waals surface area (Å²) in [6, 6.07) is 22.5. The Morgan fingerprint density at radius 3 is 2.26 bits per heavy atom. The molecule has 0 radical (unpaired) electrons. The largest absolute Gasteiger partial charge is 0.485 e. The second-order valence-corrected chi connectivity index (χ2v) is 7.33. The molecule has 1 aliphatic rings. The maximum Gasteiger partial charge on any atom is 0.340 e. The zero-order valence-corrected chi connectivity index (χ0v) is 17.2. The molecular weight excluding hydrogens is 394 g/mol. The minimum Gasteiger partial charge on any atom is -0.485 e. The number of ether oxygens (including phenoxy) is 4. The topological polar surface area (TPSA) is 80.0 Å². The van der Waals surface area contributed by atoms with Gasteiger partial charge in [0.2, 0.25) is 0 Å². The highest BCUT2D eigenvalue weighted by Crippen LogP contribution is 2.35. The molecule has 6 heteroatoms. The van der Waals surface area contributed by atoms with Crippen molar-refractivity contribution in [2.75, 3.05) is 18.9 Å². The van der Waals surface area contributed by atoms with Crippen molar-refractivity contribution in [2.24, 2.45) is 0 Å². The molecule has 0 saturated carbocycles. The second-order valence-electron chi connectivity index (χ2n) is 7.33. The van der Waals surface area contributed by atoms with E-state index in [0.29, 0.717) is 31.3 Å². The molecule has 1 fully saturated rings. The third-order valence-electron chi connectivity index (χ3n) is 4.97. The maximum absolute atomic E-state index is 12.7. The van der Waals surface area contributed by atoms with E-state index in [4.69, 9.17) is 24.7 Å². The zero-order valence-electron chi connectivity index (χ0n) is 17.2. The molecule has 3 aromatic carbocycles. The Morgan fingerprint density at radius 2 is 1.61 bits per heavy atom. The van der Waals surface area contributed by atoms with Crippen molar-refractivity contribution in [3.05, 3.63) is 89.5 Å². The molecule has 0 amide bonds. The van der Waals surface area contributed by atoms with E-state index in [1.165, 1.54) is 0 Å². The fraction of sp³-hybridized carbons (Fsp3) is 0.240. The lowest BCUT2D eigenvalue weighted by molar-refractivity contribution is 0.0473. The Hall–Kier alpha value is -3.51. The molecule has 31 heavy (non-hydrogen) atoms. The summed E-state index contributed by atoms with van der Waals surface area (Å²) in [5.41, 5.74) is 8.61. The molecule has 2 N–H and O–H groups in total. The first kappa shape index (κ1) is 20.8. The highest BCUT2D eigenvalue weighted by molar-refractivity contribution is 5.96. The van der Waals surface area contributed by atoms with Crippen LogP contribution in [0.15, 0.2) is 72.8 Å². The minimum absolute atomic E-state index is 0.101. The number of benzene rings is 3. The first-order chi connectivity index (χ1) is 15.2. The van der Waals surface area contributed by atoms with Gasteiger partial charge in [-0.05, 0) is 11.1 Å². The van der Waals surface area contributed by atoms with E-state index in [-0.39, 0.29) is 24.0 Å². The Kier molecular flexibility index (Phi) is 6.69. The SMILES string of the molecule is Nc1cc(OCc2ccccc2)c(OC2CCOC2)cc1C(=O)OCc1ccccc1.